The lowest BCUT2D eigenvalue weighted by Crippen LogP contribution is -2.15. The Balaban J connectivity index is 1.98. The minimum Gasteiger partial charge on any atom is -0.424 e. The topological polar surface area (TPSA) is 109 Å². The van der Waals surface area contributed by atoms with Crippen molar-refractivity contribution >= 4 is 60.3 Å². The maximum absolute atomic E-state index is 12.5. The molecule has 1 aliphatic rings. The molecule has 0 saturated heterocycles. The smallest absolute Gasteiger partial charge is 0.381 e. The first-order valence-corrected chi connectivity index (χ1v) is 16.7. The summed E-state index contributed by atoms with van der Waals surface area (Å²) in [6, 6.07) is 13.9. The van der Waals surface area contributed by atoms with Gasteiger partial charge in [-0.05, 0) is 58.0 Å². The second-order valence-corrected chi connectivity index (χ2v) is 13.0. The maximum atomic E-state index is 12.5. The number of amides is 1. The average molecular weight is 586 g/mol. The first-order valence-electron chi connectivity index (χ1n) is 11.6. The van der Waals surface area contributed by atoms with Gasteiger partial charge in [-0.1, -0.05) is 18.2 Å². The first-order chi connectivity index (χ1) is 17.8. The lowest BCUT2D eigenvalue weighted by Gasteiger charge is -2.22. The molecule has 2 aromatic carbocycles. The van der Waals surface area contributed by atoms with Gasteiger partial charge < -0.3 is 14.4 Å². The molecule has 10 nitrogen and oxygen atoms in total. The summed E-state index contributed by atoms with van der Waals surface area (Å²) in [5.74, 6) is 0.0907. The summed E-state index contributed by atoms with van der Waals surface area (Å²) < 4.78 is 34.2. The van der Waals surface area contributed by atoms with E-state index in [4.69, 9.17) is 50.8 Å². The summed E-state index contributed by atoms with van der Waals surface area (Å²) in [7, 11) is 0. The number of nitrogens with one attached hydrogen (secondary N) is 1. The van der Waals surface area contributed by atoms with E-state index in [1.54, 1.807) is 50.2 Å². The van der Waals surface area contributed by atoms with Crippen LogP contribution in [0.15, 0.2) is 58.7 Å². The molecule has 0 unspecified atom stereocenters. The van der Waals surface area contributed by atoms with Crippen molar-refractivity contribution in [1.29, 1.82) is 0 Å². The van der Waals surface area contributed by atoms with Crippen LogP contribution in [0.25, 0.3) is 0 Å². The highest BCUT2D eigenvalue weighted by atomic mass is 32.5. The Morgan fingerprint density at radius 2 is 1.41 bits per heavy atom. The molecule has 2 aromatic rings. The minimum absolute atomic E-state index is 0.0236. The summed E-state index contributed by atoms with van der Waals surface area (Å²) in [5.41, 5.74) is 1.93. The number of benzene rings is 2. The van der Waals surface area contributed by atoms with Crippen molar-refractivity contribution in [2.45, 2.75) is 27.7 Å². The predicted molar refractivity (Wildman–Crippen MR) is 151 cm³/mol. The molecule has 200 valence electrons. The van der Waals surface area contributed by atoms with Gasteiger partial charge in [0.1, 0.15) is 5.75 Å². The quantitative estimate of drug-likeness (QED) is 0.135. The van der Waals surface area contributed by atoms with Gasteiger partial charge in [0.05, 0.1) is 32.1 Å². The molecule has 1 heterocycles. The second kappa shape index (κ2) is 13.7. The third-order valence-corrected chi connectivity index (χ3v) is 9.39. The predicted octanol–water partition coefficient (Wildman–Crippen LogP) is 5.78. The van der Waals surface area contributed by atoms with Crippen LogP contribution in [0.1, 0.15) is 38.8 Å². The van der Waals surface area contributed by atoms with Gasteiger partial charge in [0.15, 0.2) is 5.71 Å². The van der Waals surface area contributed by atoms with Crippen molar-refractivity contribution < 1.29 is 31.9 Å². The molecule has 0 fully saturated rings. The molecule has 0 saturated carbocycles. The van der Waals surface area contributed by atoms with Crippen molar-refractivity contribution in [3.63, 3.8) is 0 Å². The minimum atomic E-state index is -3.20. The van der Waals surface area contributed by atoms with E-state index in [2.05, 4.69) is 15.5 Å². The van der Waals surface area contributed by atoms with Crippen LogP contribution < -0.4 is 9.84 Å². The molecular weight excluding hydrogens is 556 g/mol. The summed E-state index contributed by atoms with van der Waals surface area (Å²) >= 11 is 11.0. The second-order valence-electron chi connectivity index (χ2n) is 7.13. The van der Waals surface area contributed by atoms with Crippen molar-refractivity contribution in [2.24, 2.45) is 10.2 Å². The molecule has 0 atom stereocenters. The third kappa shape index (κ3) is 7.99. The molecular formula is C23H29N3O7P2S2. The molecule has 3 rings (SSSR count). The number of para-hydroxylation sites is 1. The highest BCUT2D eigenvalue weighted by Gasteiger charge is 2.28. The highest BCUT2D eigenvalue weighted by molar-refractivity contribution is 8.08. The number of anilines is 1. The van der Waals surface area contributed by atoms with Gasteiger partial charge in [-0.3, -0.25) is 22.9 Å². The number of fused-ring (bicyclic) bond motifs is 1. The molecule has 0 radical (unpaired) electrons. The van der Waals surface area contributed by atoms with E-state index < -0.39 is 13.4 Å². The van der Waals surface area contributed by atoms with Gasteiger partial charge in [-0.25, -0.2) is 0 Å². The maximum Gasteiger partial charge on any atom is 0.381 e. The third-order valence-electron chi connectivity index (χ3n) is 4.55. The van der Waals surface area contributed by atoms with E-state index in [1.807, 2.05) is 26.0 Å². The van der Waals surface area contributed by atoms with Crippen LogP contribution in [-0.2, 0) is 51.0 Å². The largest absolute Gasteiger partial charge is 0.424 e. The zero-order valence-electron chi connectivity index (χ0n) is 20.9. The summed E-state index contributed by atoms with van der Waals surface area (Å²) in [5, 5.41) is 11.2. The van der Waals surface area contributed by atoms with Crippen LogP contribution in [0, 0.1) is 0 Å². The highest BCUT2D eigenvalue weighted by Crippen LogP contribution is 2.51. The Morgan fingerprint density at radius 3 is 2.00 bits per heavy atom. The van der Waals surface area contributed by atoms with Gasteiger partial charge in [-0.2, -0.15) is 0 Å². The van der Waals surface area contributed by atoms with Gasteiger partial charge in [0, 0.05) is 34.7 Å². The van der Waals surface area contributed by atoms with E-state index in [1.165, 1.54) is 0 Å². The van der Waals surface area contributed by atoms with E-state index in [0.717, 1.165) is 0 Å². The van der Waals surface area contributed by atoms with Crippen LogP contribution in [0.5, 0.6) is 5.75 Å². The van der Waals surface area contributed by atoms with Gasteiger partial charge in [0.25, 0.3) is 5.91 Å². The van der Waals surface area contributed by atoms with Crippen molar-refractivity contribution in [1.82, 2.24) is 0 Å². The number of carbonyl (C=O) groups is 1. The van der Waals surface area contributed by atoms with Gasteiger partial charge >= 0.3 is 13.4 Å². The molecule has 1 aliphatic heterocycles. The Labute approximate surface area is 226 Å². The Bertz CT molecular complexity index is 1240. The van der Waals surface area contributed by atoms with Crippen LogP contribution in [0.2, 0.25) is 0 Å². The molecule has 37 heavy (non-hydrogen) atoms. The number of hydrogen-bond acceptors (Lipinski definition) is 11. The van der Waals surface area contributed by atoms with E-state index >= 15 is 0 Å². The Morgan fingerprint density at radius 1 is 0.838 bits per heavy atom. The normalized spacial score (nSPS) is 15.0. The van der Waals surface area contributed by atoms with Crippen molar-refractivity contribution in [3.8, 4) is 5.75 Å². The van der Waals surface area contributed by atoms with E-state index in [-0.39, 0.29) is 30.7 Å². The number of hydrogen-bond donors (Lipinski definition) is 1. The zero-order valence-corrected chi connectivity index (χ0v) is 24.3. The lowest BCUT2D eigenvalue weighted by molar-refractivity contribution is -0.110. The first kappa shape index (κ1) is 29.5. The average Bonchev–Trinajstić information content (AvgIpc) is 3.17. The van der Waals surface area contributed by atoms with Crippen LogP contribution in [0.3, 0.4) is 0 Å². The standard InChI is InChI=1S/C23H29N3O7P2S2/c1-5-28-34(36,29-6-2)32-18-15-13-17(14-16-18)23(33-35(37,30-7-3)31-8-4)26-25-21-19-11-9-10-12-20(19)24-22(21)27/h9-16H,5-8H2,1-4H3,(H,24,25,27)/b26-23-. The van der Waals surface area contributed by atoms with Gasteiger partial charge in [0.2, 0.25) is 5.90 Å². The molecule has 0 aliphatic carbocycles. The van der Waals surface area contributed by atoms with Gasteiger partial charge in [-0.15, -0.1) is 10.2 Å². The SMILES string of the molecule is CCOP(=S)(OCC)O/C(=N\N=C1/C(=O)Nc2ccccc21)c1ccc(OP(=S)(OCC)OCC)cc1. The summed E-state index contributed by atoms with van der Waals surface area (Å²) in [6.45, 7) is 2.34. The van der Waals surface area contributed by atoms with E-state index in [0.29, 0.717) is 35.8 Å². The molecule has 0 aromatic heterocycles. The zero-order chi connectivity index (χ0) is 26.9. The Kier molecular flexibility index (Phi) is 10.9. The monoisotopic (exact) mass is 585 g/mol. The molecule has 14 heteroatoms. The Hall–Kier alpha value is -2.01. The molecule has 0 spiro atoms. The molecule has 1 amide bonds. The van der Waals surface area contributed by atoms with Crippen molar-refractivity contribution in [2.75, 3.05) is 31.7 Å². The number of carbonyl (C=O) groups excluding carboxylic acids is 1. The fraction of sp³-hybridized carbons (Fsp3) is 0.348. The summed E-state index contributed by atoms with van der Waals surface area (Å²) in [6.07, 6.45) is 0. The number of rotatable bonds is 13. The fourth-order valence-electron chi connectivity index (χ4n) is 3.13. The van der Waals surface area contributed by atoms with E-state index in [9.17, 15) is 4.79 Å². The van der Waals surface area contributed by atoms with Crippen LogP contribution in [0.4, 0.5) is 5.69 Å². The van der Waals surface area contributed by atoms with Crippen molar-refractivity contribution in [3.05, 3.63) is 59.7 Å². The number of nitrogens with zero attached hydrogens (tertiary/aromatic N) is 2. The lowest BCUT2D eigenvalue weighted by atomic mass is 10.1. The molecule has 1 N–H and O–H groups in total. The summed E-state index contributed by atoms with van der Waals surface area (Å²) in [4.78, 5) is 12.5. The van der Waals surface area contributed by atoms with Crippen LogP contribution >= 0.6 is 13.4 Å². The fourth-order valence-corrected chi connectivity index (χ4v) is 7.22. The van der Waals surface area contributed by atoms with Crippen LogP contribution in [-0.4, -0.2) is 43.9 Å². The molecule has 0 bridgehead atoms.